The Morgan fingerprint density at radius 3 is 2.80 bits per heavy atom. The molecule has 0 bridgehead atoms. The minimum Gasteiger partial charge on any atom is -0.480 e. The van der Waals surface area contributed by atoms with Crippen molar-refractivity contribution in [2.45, 2.75) is 32.5 Å². The van der Waals surface area contributed by atoms with E-state index in [0.29, 0.717) is 6.54 Å². The number of benzene rings is 1. The molecule has 5 heteroatoms. The third-order valence-electron chi connectivity index (χ3n) is 3.03. The van der Waals surface area contributed by atoms with E-state index in [1.165, 1.54) is 0 Å². The number of carbonyl (C=O) groups is 1. The summed E-state index contributed by atoms with van der Waals surface area (Å²) >= 11 is 0. The number of nitrogens with zero attached hydrogens (tertiary/aromatic N) is 2. The smallest absolute Gasteiger partial charge is 0.325 e. The van der Waals surface area contributed by atoms with Gasteiger partial charge in [-0.05, 0) is 12.0 Å². The quantitative estimate of drug-likeness (QED) is 0.811. The van der Waals surface area contributed by atoms with Gasteiger partial charge in [-0.3, -0.25) is 14.8 Å². The number of hydrogen-bond donors (Lipinski definition) is 2. The molecule has 0 spiro atoms. The van der Waals surface area contributed by atoms with Gasteiger partial charge in [0.25, 0.3) is 0 Å². The molecule has 0 aliphatic rings. The fourth-order valence-corrected chi connectivity index (χ4v) is 2.06. The number of aliphatic carboxylic acids is 1. The largest absolute Gasteiger partial charge is 0.480 e. The molecule has 0 aliphatic heterocycles. The molecule has 0 aliphatic carbocycles. The lowest BCUT2D eigenvalue weighted by Gasteiger charge is -2.14. The number of nitrogens with one attached hydrogen (secondary N) is 1. The maximum absolute atomic E-state index is 11.3. The summed E-state index contributed by atoms with van der Waals surface area (Å²) in [7, 11) is 0. The Morgan fingerprint density at radius 1 is 1.40 bits per heavy atom. The molecule has 1 heterocycles. The highest BCUT2D eigenvalue weighted by molar-refractivity contribution is 5.75. The maximum Gasteiger partial charge on any atom is 0.325 e. The van der Waals surface area contributed by atoms with Crippen molar-refractivity contribution in [1.29, 1.82) is 0 Å². The molecular weight excluding hydrogens is 254 g/mol. The first-order chi connectivity index (χ1) is 9.70. The average molecular weight is 273 g/mol. The highest BCUT2D eigenvalue weighted by Gasteiger charge is 2.18. The Morgan fingerprint density at radius 2 is 2.15 bits per heavy atom. The highest BCUT2D eigenvalue weighted by atomic mass is 16.4. The van der Waals surface area contributed by atoms with Gasteiger partial charge in [0.15, 0.2) is 0 Å². The van der Waals surface area contributed by atoms with Crippen LogP contribution in [0.4, 0.5) is 0 Å². The van der Waals surface area contributed by atoms with Gasteiger partial charge < -0.3 is 5.11 Å². The van der Waals surface area contributed by atoms with E-state index in [0.717, 1.165) is 24.1 Å². The van der Waals surface area contributed by atoms with Gasteiger partial charge in [0.05, 0.1) is 6.20 Å². The summed E-state index contributed by atoms with van der Waals surface area (Å²) in [5.41, 5.74) is 1.74. The second kappa shape index (κ2) is 6.86. The van der Waals surface area contributed by atoms with Crippen molar-refractivity contribution in [2.75, 3.05) is 0 Å². The molecule has 1 aromatic heterocycles. The highest BCUT2D eigenvalue weighted by Crippen LogP contribution is 2.13. The third-order valence-corrected chi connectivity index (χ3v) is 3.03. The number of aromatic nitrogens is 2. The minimum absolute atomic E-state index is 0.482. The molecule has 0 radical (unpaired) electrons. The van der Waals surface area contributed by atoms with Crippen LogP contribution in [0.5, 0.6) is 0 Å². The van der Waals surface area contributed by atoms with Crippen LogP contribution in [0, 0.1) is 0 Å². The SMILES string of the molecule is CCCn1cc(CN[C@@H](C(=O)O)c2ccccc2)cn1. The predicted molar refractivity (Wildman–Crippen MR) is 76.2 cm³/mol. The molecule has 5 nitrogen and oxygen atoms in total. The van der Waals surface area contributed by atoms with Crippen LogP contribution in [0.1, 0.15) is 30.5 Å². The molecule has 0 unspecified atom stereocenters. The van der Waals surface area contributed by atoms with Crippen molar-refractivity contribution in [1.82, 2.24) is 15.1 Å². The van der Waals surface area contributed by atoms with Gasteiger partial charge in [-0.1, -0.05) is 37.3 Å². The number of carboxylic acids is 1. The first-order valence-electron chi connectivity index (χ1n) is 6.73. The van der Waals surface area contributed by atoms with Gasteiger partial charge in [-0.15, -0.1) is 0 Å². The van der Waals surface area contributed by atoms with Crippen LogP contribution < -0.4 is 5.32 Å². The zero-order chi connectivity index (χ0) is 14.4. The van der Waals surface area contributed by atoms with Crippen LogP contribution in [0.3, 0.4) is 0 Å². The molecule has 106 valence electrons. The Labute approximate surface area is 118 Å². The molecular formula is C15H19N3O2. The van der Waals surface area contributed by atoms with Gasteiger partial charge in [0.1, 0.15) is 6.04 Å². The summed E-state index contributed by atoms with van der Waals surface area (Å²) in [5.74, 6) is -0.878. The van der Waals surface area contributed by atoms with Crippen LogP contribution in [0.15, 0.2) is 42.7 Å². The lowest BCUT2D eigenvalue weighted by Crippen LogP contribution is -2.27. The summed E-state index contributed by atoms with van der Waals surface area (Å²) < 4.78 is 1.87. The maximum atomic E-state index is 11.3. The van der Waals surface area contributed by atoms with Crippen molar-refractivity contribution in [2.24, 2.45) is 0 Å². The molecule has 0 saturated carbocycles. The van der Waals surface area contributed by atoms with E-state index in [2.05, 4.69) is 17.3 Å². The summed E-state index contributed by atoms with van der Waals surface area (Å²) in [6.45, 7) is 3.45. The van der Waals surface area contributed by atoms with Crippen LogP contribution in [-0.4, -0.2) is 20.9 Å². The predicted octanol–water partition coefficient (Wildman–Crippen LogP) is 2.21. The Balaban J connectivity index is 2.00. The molecule has 0 saturated heterocycles. The summed E-state index contributed by atoms with van der Waals surface area (Å²) in [6, 6.07) is 8.47. The van der Waals surface area contributed by atoms with Gasteiger partial charge in [0.2, 0.25) is 0 Å². The van der Waals surface area contributed by atoms with E-state index in [1.807, 2.05) is 41.2 Å². The van der Waals surface area contributed by atoms with Crippen molar-refractivity contribution < 1.29 is 9.90 Å². The fourth-order valence-electron chi connectivity index (χ4n) is 2.06. The normalized spacial score (nSPS) is 12.2. The second-order valence-corrected chi connectivity index (χ2v) is 4.67. The molecule has 2 aromatic rings. The first-order valence-corrected chi connectivity index (χ1v) is 6.73. The Hall–Kier alpha value is -2.14. The molecule has 0 fully saturated rings. The Kier molecular flexibility index (Phi) is 4.90. The number of hydrogen-bond acceptors (Lipinski definition) is 3. The minimum atomic E-state index is -0.878. The van der Waals surface area contributed by atoms with Crippen LogP contribution in [-0.2, 0) is 17.9 Å². The molecule has 0 amide bonds. The second-order valence-electron chi connectivity index (χ2n) is 4.67. The van der Waals surface area contributed by atoms with Gasteiger partial charge >= 0.3 is 5.97 Å². The van der Waals surface area contributed by atoms with Gasteiger partial charge in [-0.2, -0.15) is 5.10 Å². The summed E-state index contributed by atoms with van der Waals surface area (Å²) in [4.78, 5) is 11.3. The average Bonchev–Trinajstić information content (AvgIpc) is 2.88. The lowest BCUT2D eigenvalue weighted by molar-refractivity contribution is -0.139. The van der Waals surface area contributed by atoms with Crippen molar-refractivity contribution in [3.63, 3.8) is 0 Å². The van der Waals surface area contributed by atoms with E-state index < -0.39 is 12.0 Å². The lowest BCUT2D eigenvalue weighted by atomic mass is 10.1. The summed E-state index contributed by atoms with van der Waals surface area (Å²) in [6.07, 6.45) is 4.74. The standard InChI is InChI=1S/C15H19N3O2/c1-2-8-18-11-12(10-17-18)9-16-14(15(19)20)13-6-4-3-5-7-13/h3-7,10-11,14,16H,2,8-9H2,1H3,(H,19,20)/t14-/m1/s1. The topological polar surface area (TPSA) is 67.2 Å². The molecule has 2 N–H and O–H groups in total. The number of carboxylic acid groups (broad SMARTS) is 1. The molecule has 20 heavy (non-hydrogen) atoms. The van der Waals surface area contributed by atoms with Crippen LogP contribution >= 0.6 is 0 Å². The van der Waals surface area contributed by atoms with Gasteiger partial charge in [-0.25, -0.2) is 0 Å². The monoisotopic (exact) mass is 273 g/mol. The molecule has 2 rings (SSSR count). The Bertz CT molecular complexity index is 551. The molecule has 1 atom stereocenters. The molecule has 1 aromatic carbocycles. The zero-order valence-corrected chi connectivity index (χ0v) is 11.5. The van der Waals surface area contributed by atoms with Crippen LogP contribution in [0.25, 0.3) is 0 Å². The summed E-state index contributed by atoms with van der Waals surface area (Å²) in [5, 5.41) is 16.6. The van der Waals surface area contributed by atoms with E-state index in [4.69, 9.17) is 0 Å². The van der Waals surface area contributed by atoms with Gasteiger partial charge in [0, 0.05) is 24.8 Å². The zero-order valence-electron chi connectivity index (χ0n) is 11.5. The van der Waals surface area contributed by atoms with E-state index >= 15 is 0 Å². The number of rotatable bonds is 7. The third kappa shape index (κ3) is 3.68. The van der Waals surface area contributed by atoms with Crippen LogP contribution in [0.2, 0.25) is 0 Å². The fraction of sp³-hybridized carbons (Fsp3) is 0.333. The van der Waals surface area contributed by atoms with E-state index in [1.54, 1.807) is 6.20 Å². The van der Waals surface area contributed by atoms with E-state index in [9.17, 15) is 9.90 Å². The van der Waals surface area contributed by atoms with Crippen molar-refractivity contribution in [3.8, 4) is 0 Å². The first kappa shape index (κ1) is 14.3. The van der Waals surface area contributed by atoms with Crippen molar-refractivity contribution in [3.05, 3.63) is 53.9 Å². The number of aryl methyl sites for hydroxylation is 1. The van der Waals surface area contributed by atoms with Crippen molar-refractivity contribution >= 4 is 5.97 Å². The van der Waals surface area contributed by atoms with E-state index in [-0.39, 0.29) is 0 Å².